The van der Waals surface area contributed by atoms with Crippen molar-refractivity contribution in [1.82, 2.24) is 15.3 Å². The number of H-pyrrole nitrogens is 1. The number of nitrogens with zero attached hydrogens (tertiary/aromatic N) is 1. The van der Waals surface area contributed by atoms with Gasteiger partial charge in [0.1, 0.15) is 5.82 Å². The second-order valence-electron chi connectivity index (χ2n) is 8.46. The van der Waals surface area contributed by atoms with E-state index in [-0.39, 0.29) is 23.1 Å². The maximum Gasteiger partial charge on any atom is 0.336 e. The Balaban J connectivity index is 1.55. The van der Waals surface area contributed by atoms with Crippen molar-refractivity contribution in [1.29, 1.82) is 0 Å². The van der Waals surface area contributed by atoms with Crippen LogP contribution in [0.4, 0.5) is 0 Å². The zero-order chi connectivity index (χ0) is 25.2. The fourth-order valence-corrected chi connectivity index (χ4v) is 4.40. The quantitative estimate of drug-likeness (QED) is 0.243. The van der Waals surface area contributed by atoms with E-state index in [1.807, 2.05) is 67.6 Å². The number of hydrogen-bond acceptors (Lipinski definition) is 3. The lowest BCUT2D eigenvalue weighted by Crippen LogP contribution is -2.26. The Labute approximate surface area is 212 Å². The van der Waals surface area contributed by atoms with Crippen LogP contribution in [0.5, 0.6) is 0 Å². The van der Waals surface area contributed by atoms with E-state index in [4.69, 9.17) is 11.6 Å². The number of nitrogens with one attached hydrogen (secondary N) is 2. The zero-order valence-electron chi connectivity index (χ0n) is 19.3. The molecule has 0 aliphatic rings. The second-order valence-corrected chi connectivity index (χ2v) is 8.90. The third-order valence-corrected chi connectivity index (χ3v) is 6.31. The highest BCUT2D eigenvalue weighted by Crippen LogP contribution is 2.36. The van der Waals surface area contributed by atoms with Crippen LogP contribution in [0.15, 0.2) is 91.0 Å². The number of benzene rings is 4. The zero-order valence-corrected chi connectivity index (χ0v) is 20.1. The highest BCUT2D eigenvalue weighted by atomic mass is 35.5. The van der Waals surface area contributed by atoms with Crippen LogP contribution in [0.3, 0.4) is 0 Å². The van der Waals surface area contributed by atoms with Gasteiger partial charge < -0.3 is 15.4 Å². The molecule has 1 amide bonds. The molecule has 0 saturated heterocycles. The van der Waals surface area contributed by atoms with Gasteiger partial charge in [-0.15, -0.1) is 0 Å². The topological polar surface area (TPSA) is 95.1 Å². The van der Waals surface area contributed by atoms with Gasteiger partial charge in [0.25, 0.3) is 5.91 Å². The van der Waals surface area contributed by atoms with Gasteiger partial charge in [0, 0.05) is 16.1 Å². The maximum atomic E-state index is 13.0. The predicted molar refractivity (Wildman–Crippen MR) is 141 cm³/mol. The first-order valence-electron chi connectivity index (χ1n) is 11.4. The van der Waals surface area contributed by atoms with Gasteiger partial charge in [-0.1, -0.05) is 60.1 Å². The van der Waals surface area contributed by atoms with E-state index in [9.17, 15) is 14.7 Å². The van der Waals surface area contributed by atoms with Crippen molar-refractivity contribution in [2.24, 2.45) is 0 Å². The van der Waals surface area contributed by atoms with Crippen molar-refractivity contribution < 1.29 is 14.7 Å². The fourth-order valence-electron chi connectivity index (χ4n) is 4.23. The minimum atomic E-state index is -1.15. The van der Waals surface area contributed by atoms with Crippen LogP contribution >= 0.6 is 11.6 Å². The number of aromatic carboxylic acids is 1. The first kappa shape index (κ1) is 23.3. The molecular formula is C29H22ClN3O3. The van der Waals surface area contributed by atoms with Crippen LogP contribution in [0.25, 0.3) is 33.5 Å². The summed E-state index contributed by atoms with van der Waals surface area (Å²) in [4.78, 5) is 33.2. The number of carboxylic acid groups (broad SMARTS) is 1. The molecule has 5 aromatic rings. The van der Waals surface area contributed by atoms with E-state index < -0.39 is 5.97 Å². The largest absolute Gasteiger partial charge is 0.478 e. The molecule has 1 aromatic heterocycles. The van der Waals surface area contributed by atoms with E-state index in [1.54, 1.807) is 24.3 Å². The van der Waals surface area contributed by atoms with Gasteiger partial charge in [0.15, 0.2) is 0 Å². The average molecular weight is 496 g/mol. The number of halogens is 1. The smallest absolute Gasteiger partial charge is 0.336 e. The summed E-state index contributed by atoms with van der Waals surface area (Å²) in [6.45, 7) is 1.88. The summed E-state index contributed by atoms with van der Waals surface area (Å²) < 4.78 is 0. The Morgan fingerprint density at radius 2 is 1.61 bits per heavy atom. The van der Waals surface area contributed by atoms with Crippen molar-refractivity contribution in [3.63, 3.8) is 0 Å². The summed E-state index contributed by atoms with van der Waals surface area (Å²) in [5, 5.41) is 13.4. The molecule has 0 aliphatic carbocycles. The van der Waals surface area contributed by atoms with E-state index in [1.165, 1.54) is 6.07 Å². The molecule has 36 heavy (non-hydrogen) atoms. The average Bonchev–Trinajstić information content (AvgIpc) is 3.33. The molecule has 0 radical (unpaired) electrons. The third-order valence-electron chi connectivity index (χ3n) is 6.08. The minimum Gasteiger partial charge on any atom is -0.478 e. The van der Waals surface area contributed by atoms with Crippen LogP contribution in [0.2, 0.25) is 5.02 Å². The lowest BCUT2D eigenvalue weighted by molar-refractivity contribution is 0.0697. The number of fused-ring (bicyclic) bond motifs is 1. The number of hydrogen-bond donors (Lipinski definition) is 3. The molecule has 6 nitrogen and oxygen atoms in total. The SMILES string of the molecule is CC(NC(=O)c1ccc(-c2cc(Cl)ccc2-c2nc3ccccc3[nH]2)c(C(=O)O)c1)c1ccccc1. The van der Waals surface area contributed by atoms with Gasteiger partial charge in [-0.05, 0) is 66.1 Å². The van der Waals surface area contributed by atoms with Crippen molar-refractivity contribution in [2.75, 3.05) is 0 Å². The summed E-state index contributed by atoms with van der Waals surface area (Å²) in [5.74, 6) is -0.909. The van der Waals surface area contributed by atoms with Crippen molar-refractivity contribution >= 4 is 34.5 Å². The van der Waals surface area contributed by atoms with Crippen molar-refractivity contribution in [3.8, 4) is 22.5 Å². The molecule has 0 spiro atoms. The lowest BCUT2D eigenvalue weighted by atomic mass is 9.93. The van der Waals surface area contributed by atoms with Crippen molar-refractivity contribution in [3.05, 3.63) is 113 Å². The highest BCUT2D eigenvalue weighted by Gasteiger charge is 2.21. The molecule has 178 valence electrons. The molecule has 0 saturated carbocycles. The molecule has 1 atom stereocenters. The molecule has 3 N–H and O–H groups in total. The Hall–Kier alpha value is -4.42. The number of aromatic amines is 1. The summed E-state index contributed by atoms with van der Waals surface area (Å²) >= 11 is 6.32. The molecular weight excluding hydrogens is 474 g/mol. The van der Waals surface area contributed by atoms with Gasteiger partial charge in [-0.25, -0.2) is 9.78 Å². The highest BCUT2D eigenvalue weighted by molar-refractivity contribution is 6.31. The summed E-state index contributed by atoms with van der Waals surface area (Å²) in [5.41, 5.74) is 4.61. The van der Waals surface area contributed by atoms with E-state index in [0.29, 0.717) is 27.5 Å². The van der Waals surface area contributed by atoms with E-state index in [0.717, 1.165) is 16.6 Å². The summed E-state index contributed by atoms with van der Waals surface area (Å²) in [6.07, 6.45) is 0. The number of aromatic nitrogens is 2. The number of imidazole rings is 1. The molecule has 0 fully saturated rings. The van der Waals surface area contributed by atoms with Gasteiger partial charge in [-0.2, -0.15) is 0 Å². The van der Waals surface area contributed by atoms with Crippen molar-refractivity contribution in [2.45, 2.75) is 13.0 Å². The molecule has 0 aliphatic heterocycles. The molecule has 1 heterocycles. The monoisotopic (exact) mass is 495 g/mol. The number of carboxylic acids is 1. The van der Waals surface area contributed by atoms with Crippen LogP contribution in [-0.4, -0.2) is 27.0 Å². The van der Waals surface area contributed by atoms with Crippen LogP contribution < -0.4 is 5.32 Å². The Bertz CT molecular complexity index is 1560. The number of rotatable bonds is 6. The minimum absolute atomic E-state index is 0.00496. The van der Waals surface area contributed by atoms with Gasteiger partial charge in [0.05, 0.1) is 22.6 Å². The number of carbonyl (C=O) groups is 2. The Morgan fingerprint density at radius 3 is 2.36 bits per heavy atom. The first-order valence-corrected chi connectivity index (χ1v) is 11.8. The Morgan fingerprint density at radius 1 is 0.889 bits per heavy atom. The van der Waals surface area contributed by atoms with Crippen LogP contribution in [-0.2, 0) is 0 Å². The molecule has 0 bridgehead atoms. The normalized spacial score (nSPS) is 11.8. The summed E-state index contributed by atoms with van der Waals surface area (Å²) in [7, 11) is 0. The van der Waals surface area contributed by atoms with E-state index >= 15 is 0 Å². The number of carbonyl (C=O) groups excluding carboxylic acids is 1. The molecule has 4 aromatic carbocycles. The van der Waals surface area contributed by atoms with Gasteiger partial charge in [-0.3, -0.25) is 4.79 Å². The fraction of sp³-hybridized carbons (Fsp3) is 0.0690. The second kappa shape index (κ2) is 9.68. The molecule has 5 rings (SSSR count). The first-order chi connectivity index (χ1) is 17.4. The number of amides is 1. The van der Waals surface area contributed by atoms with Crippen LogP contribution in [0, 0.1) is 0 Å². The standard InChI is InChI=1S/C29H22ClN3O3/c1-17(18-7-3-2-4-8-18)31-28(34)19-11-13-21(24(15-19)29(35)36)23-16-20(30)12-14-22(23)27-32-25-9-5-6-10-26(25)33-27/h2-17H,1H3,(H,31,34)(H,32,33)(H,35,36). The summed E-state index contributed by atoms with van der Waals surface area (Å²) in [6, 6.07) is 26.9. The molecule has 1 unspecified atom stereocenters. The van der Waals surface area contributed by atoms with Gasteiger partial charge >= 0.3 is 5.97 Å². The lowest BCUT2D eigenvalue weighted by Gasteiger charge is -2.16. The number of para-hydroxylation sites is 2. The molecule has 7 heteroatoms. The Kier molecular flexibility index (Phi) is 6.27. The van der Waals surface area contributed by atoms with Crippen LogP contribution in [0.1, 0.15) is 39.2 Å². The maximum absolute atomic E-state index is 13.0. The third kappa shape index (κ3) is 4.59. The van der Waals surface area contributed by atoms with Gasteiger partial charge in [0.2, 0.25) is 0 Å². The predicted octanol–water partition coefficient (Wildman–Crippen LogP) is 6.74. The van der Waals surface area contributed by atoms with E-state index in [2.05, 4.69) is 15.3 Å².